The summed E-state index contributed by atoms with van der Waals surface area (Å²) in [6.07, 6.45) is 6.23. The minimum atomic E-state index is 0.0587. The second-order valence-corrected chi connectivity index (χ2v) is 7.54. The molecule has 7 heteroatoms. The van der Waals surface area contributed by atoms with Crippen LogP contribution in [-0.4, -0.2) is 45.9 Å². The number of hydrogen-bond acceptors (Lipinski definition) is 6. The van der Waals surface area contributed by atoms with Crippen LogP contribution in [0.1, 0.15) is 40.7 Å². The highest BCUT2D eigenvalue weighted by Gasteiger charge is 2.21. The highest BCUT2D eigenvalue weighted by Crippen LogP contribution is 2.33. The summed E-state index contributed by atoms with van der Waals surface area (Å²) in [5.41, 5.74) is 1.98. The van der Waals surface area contributed by atoms with Gasteiger partial charge in [-0.15, -0.1) is 11.3 Å². The number of thiophene rings is 1. The average Bonchev–Trinajstić information content (AvgIpc) is 3.04. The molecule has 0 atom stereocenters. The molecular formula is C20H25N5OS. The number of nitrogens with zero attached hydrogens (tertiary/aromatic N) is 4. The van der Waals surface area contributed by atoms with Gasteiger partial charge in [-0.25, -0.2) is 9.97 Å². The van der Waals surface area contributed by atoms with E-state index in [2.05, 4.69) is 27.2 Å². The summed E-state index contributed by atoms with van der Waals surface area (Å²) < 4.78 is 0. The lowest BCUT2D eigenvalue weighted by atomic mass is 10.2. The standard InChI is InChI=1S/C20H25N5OS/c1-4-5-12-25(3)20(26)17-14(2)16-18(23-13-24-19(16)27-17)22-11-9-15-8-6-7-10-21-15/h6-8,10,13H,4-5,9,11-12H2,1-3H3,(H,22,23,24). The quantitative estimate of drug-likeness (QED) is 0.638. The van der Waals surface area contributed by atoms with Crippen molar-refractivity contribution >= 4 is 33.3 Å². The molecule has 0 aliphatic carbocycles. The zero-order chi connectivity index (χ0) is 19.2. The second-order valence-electron chi connectivity index (χ2n) is 6.54. The van der Waals surface area contributed by atoms with E-state index in [0.29, 0.717) is 0 Å². The first-order valence-electron chi connectivity index (χ1n) is 9.25. The van der Waals surface area contributed by atoms with Gasteiger partial charge in [0.25, 0.3) is 5.91 Å². The molecule has 0 unspecified atom stereocenters. The predicted molar refractivity (Wildman–Crippen MR) is 110 cm³/mol. The zero-order valence-electron chi connectivity index (χ0n) is 16.0. The second kappa shape index (κ2) is 8.90. The summed E-state index contributed by atoms with van der Waals surface area (Å²) in [6.45, 7) is 5.59. The molecule has 1 N–H and O–H groups in total. The number of anilines is 1. The number of nitrogens with one attached hydrogen (secondary N) is 1. The van der Waals surface area contributed by atoms with Gasteiger partial charge in [-0.3, -0.25) is 9.78 Å². The maximum absolute atomic E-state index is 12.8. The van der Waals surface area contributed by atoms with Gasteiger partial charge in [0.05, 0.1) is 10.3 Å². The molecule has 0 fully saturated rings. The van der Waals surface area contributed by atoms with Gasteiger partial charge in [-0.05, 0) is 31.0 Å². The molecule has 0 bridgehead atoms. The molecule has 0 saturated carbocycles. The van der Waals surface area contributed by atoms with Crippen LogP contribution in [0.4, 0.5) is 5.82 Å². The number of amides is 1. The van der Waals surface area contributed by atoms with Gasteiger partial charge in [0, 0.05) is 38.4 Å². The normalized spacial score (nSPS) is 10.9. The Balaban J connectivity index is 1.79. The van der Waals surface area contributed by atoms with E-state index >= 15 is 0 Å². The molecule has 3 heterocycles. The van der Waals surface area contributed by atoms with Crippen LogP contribution >= 0.6 is 11.3 Å². The molecular weight excluding hydrogens is 358 g/mol. The van der Waals surface area contributed by atoms with Crippen molar-refractivity contribution in [2.24, 2.45) is 0 Å². The van der Waals surface area contributed by atoms with Gasteiger partial charge < -0.3 is 10.2 Å². The number of rotatable bonds is 8. The molecule has 1 amide bonds. The monoisotopic (exact) mass is 383 g/mol. The minimum Gasteiger partial charge on any atom is -0.369 e. The summed E-state index contributed by atoms with van der Waals surface area (Å²) in [5.74, 6) is 0.836. The lowest BCUT2D eigenvalue weighted by Gasteiger charge is -2.16. The van der Waals surface area contributed by atoms with Crippen molar-refractivity contribution in [3.63, 3.8) is 0 Å². The maximum Gasteiger partial charge on any atom is 0.264 e. The van der Waals surface area contributed by atoms with E-state index < -0.39 is 0 Å². The fourth-order valence-electron chi connectivity index (χ4n) is 2.93. The third kappa shape index (κ3) is 4.42. The van der Waals surface area contributed by atoms with Crippen LogP contribution in [-0.2, 0) is 6.42 Å². The molecule has 3 aromatic rings. The number of carbonyl (C=O) groups excluding carboxylic acids is 1. The Labute approximate surface area is 163 Å². The Bertz CT molecular complexity index is 909. The van der Waals surface area contributed by atoms with Crippen LogP contribution in [0.2, 0.25) is 0 Å². The van der Waals surface area contributed by atoms with Crippen molar-refractivity contribution in [3.05, 3.63) is 46.9 Å². The van der Waals surface area contributed by atoms with Gasteiger partial charge in [0.15, 0.2) is 0 Å². The van der Waals surface area contributed by atoms with Crippen LogP contribution < -0.4 is 5.32 Å². The molecule has 0 aliphatic heterocycles. The number of aryl methyl sites for hydroxylation is 1. The molecule has 0 spiro atoms. The lowest BCUT2D eigenvalue weighted by Crippen LogP contribution is -2.27. The topological polar surface area (TPSA) is 71.0 Å². The average molecular weight is 384 g/mol. The lowest BCUT2D eigenvalue weighted by molar-refractivity contribution is 0.0797. The van der Waals surface area contributed by atoms with E-state index in [1.165, 1.54) is 11.3 Å². The van der Waals surface area contributed by atoms with E-state index in [-0.39, 0.29) is 5.91 Å². The first-order valence-corrected chi connectivity index (χ1v) is 10.1. The summed E-state index contributed by atoms with van der Waals surface area (Å²) in [7, 11) is 1.86. The summed E-state index contributed by atoms with van der Waals surface area (Å²) >= 11 is 1.44. The molecule has 3 aromatic heterocycles. The Kier molecular flexibility index (Phi) is 6.34. The van der Waals surface area contributed by atoms with Crippen molar-refractivity contribution < 1.29 is 4.79 Å². The van der Waals surface area contributed by atoms with Gasteiger partial charge in [-0.2, -0.15) is 0 Å². The van der Waals surface area contributed by atoms with Crippen LogP contribution in [0, 0.1) is 6.92 Å². The Morgan fingerprint density at radius 1 is 1.26 bits per heavy atom. The van der Waals surface area contributed by atoms with E-state index in [1.54, 1.807) is 17.4 Å². The number of hydrogen-bond donors (Lipinski definition) is 1. The number of pyridine rings is 1. The van der Waals surface area contributed by atoms with Gasteiger partial charge in [0.2, 0.25) is 0 Å². The van der Waals surface area contributed by atoms with Crippen LogP contribution in [0.25, 0.3) is 10.2 Å². The SMILES string of the molecule is CCCCN(C)C(=O)c1sc2ncnc(NCCc3ccccn3)c2c1C. The molecule has 142 valence electrons. The van der Waals surface area contributed by atoms with Crippen LogP contribution in [0.15, 0.2) is 30.7 Å². The maximum atomic E-state index is 12.8. The Morgan fingerprint density at radius 2 is 2.11 bits per heavy atom. The minimum absolute atomic E-state index is 0.0587. The third-order valence-corrected chi connectivity index (χ3v) is 5.70. The number of carbonyl (C=O) groups is 1. The molecule has 0 radical (unpaired) electrons. The highest BCUT2D eigenvalue weighted by atomic mass is 32.1. The molecule has 27 heavy (non-hydrogen) atoms. The number of fused-ring (bicyclic) bond motifs is 1. The van der Waals surface area contributed by atoms with Crippen molar-refractivity contribution in [3.8, 4) is 0 Å². The third-order valence-electron chi connectivity index (χ3n) is 4.51. The molecule has 0 aliphatic rings. The van der Waals surface area contributed by atoms with Crippen LogP contribution in [0.5, 0.6) is 0 Å². The van der Waals surface area contributed by atoms with E-state index in [4.69, 9.17) is 0 Å². The summed E-state index contributed by atoms with van der Waals surface area (Å²) in [5, 5.41) is 4.32. The van der Waals surface area contributed by atoms with Crippen LogP contribution in [0.3, 0.4) is 0 Å². The predicted octanol–water partition coefficient (Wildman–Crippen LogP) is 3.92. The summed E-state index contributed by atoms with van der Waals surface area (Å²) in [6, 6.07) is 5.91. The van der Waals surface area contributed by atoms with Crippen molar-refractivity contribution in [1.82, 2.24) is 19.9 Å². The van der Waals surface area contributed by atoms with E-state index in [1.807, 2.05) is 32.2 Å². The first-order chi connectivity index (χ1) is 13.1. The number of aromatic nitrogens is 3. The van der Waals surface area contributed by atoms with E-state index in [9.17, 15) is 4.79 Å². The largest absolute Gasteiger partial charge is 0.369 e. The number of unbranched alkanes of at least 4 members (excludes halogenated alkanes) is 1. The molecule has 0 saturated heterocycles. The van der Waals surface area contributed by atoms with E-state index in [0.717, 1.165) is 64.5 Å². The Morgan fingerprint density at radius 3 is 2.85 bits per heavy atom. The smallest absolute Gasteiger partial charge is 0.264 e. The zero-order valence-corrected chi connectivity index (χ0v) is 16.8. The Hall–Kier alpha value is -2.54. The fraction of sp³-hybridized carbons (Fsp3) is 0.400. The van der Waals surface area contributed by atoms with Crippen molar-refractivity contribution in [1.29, 1.82) is 0 Å². The fourth-order valence-corrected chi connectivity index (χ4v) is 4.08. The molecule has 3 rings (SSSR count). The van der Waals surface area contributed by atoms with Crippen molar-refractivity contribution in [2.75, 3.05) is 25.5 Å². The van der Waals surface area contributed by atoms with Crippen molar-refractivity contribution in [2.45, 2.75) is 33.1 Å². The molecule has 0 aromatic carbocycles. The highest BCUT2D eigenvalue weighted by molar-refractivity contribution is 7.20. The van der Waals surface area contributed by atoms with Gasteiger partial charge >= 0.3 is 0 Å². The summed E-state index contributed by atoms with van der Waals surface area (Å²) in [4.78, 5) is 29.3. The first kappa shape index (κ1) is 19.2. The molecule has 6 nitrogen and oxygen atoms in total. The van der Waals surface area contributed by atoms with Gasteiger partial charge in [0.1, 0.15) is 17.0 Å². The van der Waals surface area contributed by atoms with Gasteiger partial charge in [-0.1, -0.05) is 19.4 Å².